The number of rotatable bonds is 4. The highest BCUT2D eigenvalue weighted by molar-refractivity contribution is 5.31. The van der Waals surface area contributed by atoms with Crippen molar-refractivity contribution in [1.29, 1.82) is 0 Å². The van der Waals surface area contributed by atoms with Gasteiger partial charge in [0.2, 0.25) is 0 Å². The van der Waals surface area contributed by atoms with Gasteiger partial charge in [0.1, 0.15) is 5.75 Å². The zero-order valence-corrected chi connectivity index (χ0v) is 11.4. The van der Waals surface area contributed by atoms with Crippen molar-refractivity contribution >= 4 is 0 Å². The predicted octanol–water partition coefficient (Wildman–Crippen LogP) is 2.37. The molecular formula is C14H18F3NO3. The molecule has 1 aliphatic rings. The SMILES string of the molecule is NCC1(C(O)c2cccc(OC(F)(F)F)c2)CCCOC1. The van der Waals surface area contributed by atoms with Crippen LogP contribution in [-0.4, -0.2) is 31.2 Å². The molecule has 1 aromatic rings. The molecule has 21 heavy (non-hydrogen) atoms. The molecule has 118 valence electrons. The minimum atomic E-state index is -4.76. The molecule has 0 bridgehead atoms. The van der Waals surface area contributed by atoms with Crippen LogP contribution in [-0.2, 0) is 4.74 Å². The fourth-order valence-corrected chi connectivity index (χ4v) is 2.60. The van der Waals surface area contributed by atoms with Crippen LogP contribution in [0.3, 0.4) is 0 Å². The van der Waals surface area contributed by atoms with Gasteiger partial charge in [-0.25, -0.2) is 0 Å². The lowest BCUT2D eigenvalue weighted by atomic mass is 9.75. The maximum absolute atomic E-state index is 12.2. The molecule has 4 nitrogen and oxygen atoms in total. The van der Waals surface area contributed by atoms with E-state index in [4.69, 9.17) is 10.5 Å². The Morgan fingerprint density at radius 1 is 1.43 bits per heavy atom. The first-order chi connectivity index (χ1) is 9.86. The van der Waals surface area contributed by atoms with E-state index in [0.717, 1.165) is 6.42 Å². The van der Waals surface area contributed by atoms with Crippen molar-refractivity contribution in [3.05, 3.63) is 29.8 Å². The molecule has 1 aliphatic heterocycles. The van der Waals surface area contributed by atoms with Crippen molar-refractivity contribution in [3.8, 4) is 5.75 Å². The third kappa shape index (κ3) is 3.87. The number of aliphatic hydroxyl groups excluding tert-OH is 1. The van der Waals surface area contributed by atoms with Crippen LogP contribution in [0.5, 0.6) is 5.75 Å². The number of benzene rings is 1. The van der Waals surface area contributed by atoms with Gasteiger partial charge in [-0.15, -0.1) is 13.2 Å². The summed E-state index contributed by atoms with van der Waals surface area (Å²) in [4.78, 5) is 0. The summed E-state index contributed by atoms with van der Waals surface area (Å²) >= 11 is 0. The van der Waals surface area contributed by atoms with Crippen molar-refractivity contribution in [2.45, 2.75) is 25.3 Å². The van der Waals surface area contributed by atoms with Gasteiger partial charge >= 0.3 is 6.36 Å². The van der Waals surface area contributed by atoms with Gasteiger partial charge in [0, 0.05) is 18.6 Å². The molecule has 1 saturated heterocycles. The Bertz CT molecular complexity index is 473. The number of aliphatic hydroxyl groups is 1. The maximum atomic E-state index is 12.2. The summed E-state index contributed by atoms with van der Waals surface area (Å²) in [7, 11) is 0. The van der Waals surface area contributed by atoms with Gasteiger partial charge in [-0.3, -0.25) is 0 Å². The number of alkyl halides is 3. The van der Waals surface area contributed by atoms with Crippen LogP contribution < -0.4 is 10.5 Å². The highest BCUT2D eigenvalue weighted by atomic mass is 19.4. The van der Waals surface area contributed by atoms with E-state index in [-0.39, 0.29) is 18.9 Å². The summed E-state index contributed by atoms with van der Waals surface area (Å²) < 4.78 is 46.0. The minimum Gasteiger partial charge on any atom is -0.406 e. The second-order valence-electron chi connectivity index (χ2n) is 5.25. The standard InChI is InChI=1S/C14H18F3NO3/c15-14(16,17)21-11-4-1-3-10(7-11)12(19)13(8-18)5-2-6-20-9-13/h1,3-4,7,12,19H,2,5-6,8-9,18H2. The normalized spacial score (nSPS) is 24.6. The smallest absolute Gasteiger partial charge is 0.406 e. The summed E-state index contributed by atoms with van der Waals surface area (Å²) in [6.45, 7) is 1.08. The molecule has 1 heterocycles. The van der Waals surface area contributed by atoms with Crippen molar-refractivity contribution < 1.29 is 27.8 Å². The first-order valence-corrected chi connectivity index (χ1v) is 6.68. The molecule has 1 aromatic carbocycles. The largest absolute Gasteiger partial charge is 0.573 e. The van der Waals surface area contributed by atoms with Gasteiger partial charge in [-0.1, -0.05) is 12.1 Å². The summed E-state index contributed by atoms with van der Waals surface area (Å²) in [5, 5.41) is 10.5. The molecule has 0 saturated carbocycles. The van der Waals surface area contributed by atoms with Gasteiger partial charge in [0.05, 0.1) is 12.7 Å². The molecule has 7 heteroatoms. The van der Waals surface area contributed by atoms with E-state index >= 15 is 0 Å². The molecule has 0 amide bonds. The molecule has 2 unspecified atom stereocenters. The van der Waals surface area contributed by atoms with Crippen LogP contribution in [0.2, 0.25) is 0 Å². The van der Waals surface area contributed by atoms with Gasteiger partial charge in [0.25, 0.3) is 0 Å². The fraction of sp³-hybridized carbons (Fsp3) is 0.571. The van der Waals surface area contributed by atoms with Gasteiger partial charge in [-0.05, 0) is 30.5 Å². The molecular weight excluding hydrogens is 287 g/mol. The first kappa shape index (κ1) is 16.1. The Labute approximate surface area is 120 Å². The molecule has 2 rings (SSSR count). The number of nitrogens with two attached hydrogens (primary N) is 1. The van der Waals surface area contributed by atoms with Crippen LogP contribution >= 0.6 is 0 Å². The Morgan fingerprint density at radius 3 is 2.76 bits per heavy atom. The Kier molecular flexibility index (Phi) is 4.75. The zero-order valence-electron chi connectivity index (χ0n) is 11.4. The maximum Gasteiger partial charge on any atom is 0.573 e. The van der Waals surface area contributed by atoms with Crippen molar-refractivity contribution in [2.24, 2.45) is 11.1 Å². The van der Waals surface area contributed by atoms with E-state index in [1.54, 1.807) is 6.07 Å². The quantitative estimate of drug-likeness (QED) is 0.896. The Balaban J connectivity index is 2.22. The van der Waals surface area contributed by atoms with Crippen LogP contribution in [0.4, 0.5) is 13.2 Å². The van der Waals surface area contributed by atoms with E-state index in [1.807, 2.05) is 0 Å². The van der Waals surface area contributed by atoms with E-state index in [0.29, 0.717) is 18.6 Å². The molecule has 0 aliphatic carbocycles. The van der Waals surface area contributed by atoms with Crippen LogP contribution in [0.1, 0.15) is 24.5 Å². The monoisotopic (exact) mass is 305 g/mol. The molecule has 2 atom stereocenters. The fourth-order valence-electron chi connectivity index (χ4n) is 2.60. The van der Waals surface area contributed by atoms with Gasteiger partial charge in [0.15, 0.2) is 0 Å². The van der Waals surface area contributed by atoms with E-state index in [2.05, 4.69) is 4.74 Å². The zero-order chi connectivity index (χ0) is 15.5. The summed E-state index contributed by atoms with van der Waals surface area (Å²) in [5.41, 5.74) is 5.43. The van der Waals surface area contributed by atoms with Gasteiger partial charge < -0.3 is 20.3 Å². The molecule has 0 aromatic heterocycles. The Morgan fingerprint density at radius 2 is 2.19 bits per heavy atom. The molecule has 0 spiro atoms. The Hall–Kier alpha value is -1.31. The number of halogens is 3. The van der Waals surface area contributed by atoms with Crippen molar-refractivity contribution in [2.75, 3.05) is 19.8 Å². The van der Waals surface area contributed by atoms with E-state index in [1.165, 1.54) is 18.2 Å². The van der Waals surface area contributed by atoms with E-state index < -0.39 is 17.9 Å². The third-order valence-corrected chi connectivity index (χ3v) is 3.75. The van der Waals surface area contributed by atoms with E-state index in [9.17, 15) is 18.3 Å². The van der Waals surface area contributed by atoms with Gasteiger partial charge in [-0.2, -0.15) is 0 Å². The predicted molar refractivity (Wildman–Crippen MR) is 69.6 cm³/mol. The van der Waals surface area contributed by atoms with Crippen LogP contribution in [0.15, 0.2) is 24.3 Å². The van der Waals surface area contributed by atoms with Crippen LogP contribution in [0, 0.1) is 5.41 Å². The second-order valence-corrected chi connectivity index (χ2v) is 5.25. The topological polar surface area (TPSA) is 64.7 Å². The first-order valence-electron chi connectivity index (χ1n) is 6.68. The summed E-state index contributed by atoms with van der Waals surface area (Å²) in [6, 6.07) is 5.34. The minimum absolute atomic E-state index is 0.193. The number of hydrogen-bond donors (Lipinski definition) is 2. The number of hydrogen-bond acceptors (Lipinski definition) is 4. The molecule has 1 fully saturated rings. The molecule has 0 radical (unpaired) electrons. The summed E-state index contributed by atoms with van der Waals surface area (Å²) in [5.74, 6) is -0.358. The lowest BCUT2D eigenvalue weighted by Crippen LogP contribution is -2.43. The van der Waals surface area contributed by atoms with Crippen molar-refractivity contribution in [3.63, 3.8) is 0 Å². The number of ether oxygens (including phenoxy) is 2. The highest BCUT2D eigenvalue weighted by Crippen LogP contribution is 2.41. The lowest BCUT2D eigenvalue weighted by molar-refractivity contribution is -0.274. The lowest BCUT2D eigenvalue weighted by Gasteiger charge is -2.40. The summed E-state index contributed by atoms with van der Waals surface area (Å²) in [6.07, 6.45) is -4.34. The highest BCUT2D eigenvalue weighted by Gasteiger charge is 2.40. The average molecular weight is 305 g/mol. The second kappa shape index (κ2) is 6.21. The third-order valence-electron chi connectivity index (χ3n) is 3.75. The van der Waals surface area contributed by atoms with Crippen LogP contribution in [0.25, 0.3) is 0 Å². The molecule has 3 N–H and O–H groups in total. The van der Waals surface area contributed by atoms with Crippen molar-refractivity contribution in [1.82, 2.24) is 0 Å². The average Bonchev–Trinajstić information content (AvgIpc) is 2.45.